The van der Waals surface area contributed by atoms with Gasteiger partial charge in [-0.1, -0.05) is 39.0 Å². The van der Waals surface area contributed by atoms with Gasteiger partial charge in [0.1, 0.15) is 0 Å². The molecule has 0 aromatic heterocycles. The molecule has 1 aliphatic heterocycles. The predicted octanol–water partition coefficient (Wildman–Crippen LogP) is 4.47. The van der Waals surface area contributed by atoms with Crippen LogP contribution in [-0.4, -0.2) is 41.3 Å². The molecule has 0 aromatic carbocycles. The Morgan fingerprint density at radius 2 is 1.72 bits per heavy atom. The summed E-state index contributed by atoms with van der Waals surface area (Å²) in [4.78, 5) is 2.69. The highest BCUT2D eigenvalue weighted by molar-refractivity contribution is 8.00. The molecule has 1 saturated heterocycles. The van der Waals surface area contributed by atoms with Gasteiger partial charge in [0.05, 0.1) is 0 Å². The van der Waals surface area contributed by atoms with Crippen LogP contribution in [0.4, 0.5) is 0 Å². The van der Waals surface area contributed by atoms with Crippen LogP contribution in [-0.2, 0) is 0 Å². The van der Waals surface area contributed by atoms with Crippen LogP contribution in [0.3, 0.4) is 0 Å². The van der Waals surface area contributed by atoms with E-state index in [9.17, 15) is 0 Å². The molecule has 0 saturated carbocycles. The van der Waals surface area contributed by atoms with E-state index in [1.807, 2.05) is 0 Å². The van der Waals surface area contributed by atoms with Crippen molar-refractivity contribution in [1.29, 1.82) is 0 Å². The van der Waals surface area contributed by atoms with Gasteiger partial charge < -0.3 is 4.90 Å². The molecule has 1 aliphatic rings. The van der Waals surface area contributed by atoms with Gasteiger partial charge in [-0.25, -0.2) is 0 Å². The Morgan fingerprint density at radius 3 is 2.39 bits per heavy atom. The molecule has 0 aromatic rings. The molecule has 0 aliphatic carbocycles. The molecule has 1 fully saturated rings. The van der Waals surface area contributed by atoms with Crippen LogP contribution in [0.15, 0.2) is 0 Å². The summed E-state index contributed by atoms with van der Waals surface area (Å²) in [5.41, 5.74) is 0. The van der Waals surface area contributed by atoms with Crippen LogP contribution in [0.2, 0.25) is 0 Å². The number of thiol groups is 1. The molecule has 0 N–H and O–H groups in total. The van der Waals surface area contributed by atoms with Crippen LogP contribution < -0.4 is 0 Å². The van der Waals surface area contributed by atoms with Gasteiger partial charge in [-0.15, -0.1) is 0 Å². The predicted molar refractivity (Wildman–Crippen MR) is 89.1 cm³/mol. The normalized spacial score (nSPS) is 21.3. The molecule has 18 heavy (non-hydrogen) atoms. The number of hydrogen-bond donors (Lipinski definition) is 1. The van der Waals surface area contributed by atoms with E-state index in [1.54, 1.807) is 0 Å². The van der Waals surface area contributed by atoms with Gasteiger partial charge in [0.15, 0.2) is 0 Å². The Balaban J connectivity index is 1.88. The number of nitrogens with zero attached hydrogens (tertiary/aromatic N) is 1. The maximum atomic E-state index is 4.25. The highest BCUT2D eigenvalue weighted by Crippen LogP contribution is 2.21. The zero-order valence-electron chi connectivity index (χ0n) is 12.1. The molecule has 1 rings (SSSR count). The lowest BCUT2D eigenvalue weighted by Gasteiger charge is -2.31. The third-order valence-corrected chi connectivity index (χ3v) is 5.50. The van der Waals surface area contributed by atoms with Crippen molar-refractivity contribution >= 4 is 24.4 Å². The lowest BCUT2D eigenvalue weighted by Crippen LogP contribution is -2.38. The molecule has 0 spiro atoms. The van der Waals surface area contributed by atoms with Crippen molar-refractivity contribution in [2.75, 3.05) is 31.1 Å². The zero-order valence-corrected chi connectivity index (χ0v) is 13.8. The van der Waals surface area contributed by atoms with Crippen LogP contribution in [0.1, 0.15) is 58.3 Å². The topological polar surface area (TPSA) is 3.24 Å². The summed E-state index contributed by atoms with van der Waals surface area (Å²) in [6.45, 7) is 6.33. The van der Waals surface area contributed by atoms with Crippen LogP contribution in [0, 0.1) is 0 Å². The van der Waals surface area contributed by atoms with Crippen LogP contribution >= 0.6 is 24.4 Å². The Morgan fingerprint density at radius 1 is 1.06 bits per heavy atom. The second-order valence-corrected chi connectivity index (χ2v) is 7.26. The van der Waals surface area contributed by atoms with E-state index in [2.05, 4.69) is 36.2 Å². The third-order valence-electron chi connectivity index (χ3n) is 3.81. The summed E-state index contributed by atoms with van der Waals surface area (Å²) in [6, 6.07) is 0. The molecule has 0 bridgehead atoms. The van der Waals surface area contributed by atoms with Crippen molar-refractivity contribution in [3.8, 4) is 0 Å². The second kappa shape index (κ2) is 11.5. The summed E-state index contributed by atoms with van der Waals surface area (Å²) in [5.74, 6) is 2.41. The minimum atomic E-state index is 0.903. The van der Waals surface area contributed by atoms with E-state index >= 15 is 0 Å². The van der Waals surface area contributed by atoms with Gasteiger partial charge in [-0.05, 0) is 31.6 Å². The fourth-order valence-corrected chi connectivity index (χ4v) is 4.03. The smallest absolute Gasteiger partial charge is 0.0172 e. The van der Waals surface area contributed by atoms with Gasteiger partial charge in [0.2, 0.25) is 0 Å². The summed E-state index contributed by atoms with van der Waals surface area (Å²) < 4.78 is 0. The molecule has 1 unspecified atom stereocenters. The quantitative estimate of drug-likeness (QED) is 0.467. The number of unbranched alkanes of at least 4 members (excludes halogenated alkanes) is 6. The van der Waals surface area contributed by atoms with Gasteiger partial charge in [0, 0.05) is 24.1 Å². The number of hydrogen-bond acceptors (Lipinski definition) is 3. The van der Waals surface area contributed by atoms with Crippen molar-refractivity contribution in [1.82, 2.24) is 4.90 Å². The summed E-state index contributed by atoms with van der Waals surface area (Å²) in [6.07, 6.45) is 11.1. The van der Waals surface area contributed by atoms with E-state index in [0.717, 1.165) is 11.0 Å². The molecular weight excluding hydrogens is 258 g/mol. The molecule has 108 valence electrons. The Hall–Kier alpha value is 0.660. The van der Waals surface area contributed by atoms with Crippen molar-refractivity contribution in [2.24, 2.45) is 0 Å². The zero-order chi connectivity index (χ0) is 13.1. The monoisotopic (exact) mass is 289 g/mol. The first kappa shape index (κ1) is 16.7. The minimum absolute atomic E-state index is 0.903. The SMILES string of the molecule is CCC1CN(CCCCCCCCCS)CCS1. The largest absolute Gasteiger partial charge is 0.301 e. The molecule has 0 amide bonds. The maximum Gasteiger partial charge on any atom is 0.0172 e. The van der Waals surface area contributed by atoms with Crippen molar-refractivity contribution in [3.63, 3.8) is 0 Å². The fraction of sp³-hybridized carbons (Fsp3) is 1.00. The molecular formula is C15H31NS2. The van der Waals surface area contributed by atoms with Gasteiger partial charge in [-0.3, -0.25) is 0 Å². The molecule has 1 heterocycles. The average molecular weight is 290 g/mol. The van der Waals surface area contributed by atoms with Gasteiger partial charge in [0.25, 0.3) is 0 Å². The summed E-state index contributed by atoms with van der Waals surface area (Å²) >= 11 is 6.42. The minimum Gasteiger partial charge on any atom is -0.301 e. The van der Waals surface area contributed by atoms with Gasteiger partial charge in [-0.2, -0.15) is 24.4 Å². The van der Waals surface area contributed by atoms with Crippen molar-refractivity contribution < 1.29 is 0 Å². The lowest BCUT2D eigenvalue weighted by molar-refractivity contribution is 0.274. The number of thioether (sulfide) groups is 1. The van der Waals surface area contributed by atoms with E-state index < -0.39 is 0 Å². The average Bonchev–Trinajstić information content (AvgIpc) is 2.42. The van der Waals surface area contributed by atoms with Crippen LogP contribution in [0.5, 0.6) is 0 Å². The van der Waals surface area contributed by atoms with Crippen LogP contribution in [0.25, 0.3) is 0 Å². The van der Waals surface area contributed by atoms with E-state index in [-0.39, 0.29) is 0 Å². The first-order chi connectivity index (χ1) is 8.86. The molecule has 1 nitrogen and oxygen atoms in total. The molecule has 3 heteroatoms. The Bertz CT molecular complexity index is 187. The first-order valence-corrected chi connectivity index (χ1v) is 9.49. The molecule has 1 atom stereocenters. The Labute approximate surface area is 124 Å². The first-order valence-electron chi connectivity index (χ1n) is 7.81. The van der Waals surface area contributed by atoms with Crippen molar-refractivity contribution in [3.05, 3.63) is 0 Å². The number of rotatable bonds is 10. The van der Waals surface area contributed by atoms with E-state index in [0.29, 0.717) is 0 Å². The molecule has 0 radical (unpaired) electrons. The van der Waals surface area contributed by atoms with E-state index in [4.69, 9.17) is 0 Å². The summed E-state index contributed by atoms with van der Waals surface area (Å²) in [7, 11) is 0. The highest BCUT2D eigenvalue weighted by Gasteiger charge is 2.17. The Kier molecular flexibility index (Phi) is 10.7. The van der Waals surface area contributed by atoms with Crippen molar-refractivity contribution in [2.45, 2.75) is 63.5 Å². The van der Waals surface area contributed by atoms with Gasteiger partial charge >= 0.3 is 0 Å². The highest BCUT2D eigenvalue weighted by atomic mass is 32.2. The standard InChI is InChI=1S/C15H31NS2/c1-2-15-14-16(11-13-18-15)10-8-6-4-3-5-7-9-12-17/h15,17H,2-14H2,1H3. The maximum absolute atomic E-state index is 4.25. The fourth-order valence-electron chi connectivity index (χ4n) is 2.56. The third kappa shape index (κ3) is 7.96. The lowest BCUT2D eigenvalue weighted by atomic mass is 10.1. The summed E-state index contributed by atoms with van der Waals surface area (Å²) in [5, 5.41) is 0.903. The second-order valence-electron chi connectivity index (χ2n) is 5.40. The van der Waals surface area contributed by atoms with E-state index in [1.165, 1.54) is 76.8 Å².